The van der Waals surface area contributed by atoms with Crippen LogP contribution in [-0.4, -0.2) is 7.05 Å². The van der Waals surface area contributed by atoms with E-state index >= 15 is 0 Å². The molecule has 106 valence electrons. The summed E-state index contributed by atoms with van der Waals surface area (Å²) in [6.45, 7) is 6.13. The maximum atomic E-state index is 14.2. The zero-order chi connectivity index (χ0) is 14.7. The fraction of sp³-hybridized carbons (Fsp3) is 0.333. The predicted octanol–water partition coefficient (Wildman–Crippen LogP) is 4.25. The number of hydrogen-bond acceptors (Lipinski definition) is 1. The van der Waals surface area contributed by atoms with Crippen molar-refractivity contribution in [2.24, 2.45) is 0 Å². The van der Waals surface area contributed by atoms with Crippen LogP contribution in [0.3, 0.4) is 0 Å². The van der Waals surface area contributed by atoms with E-state index in [1.54, 1.807) is 6.07 Å². The molecule has 0 aliphatic heterocycles. The van der Waals surface area contributed by atoms with Gasteiger partial charge in [0.2, 0.25) is 0 Å². The number of nitrogens with one attached hydrogen (secondary N) is 1. The van der Waals surface area contributed by atoms with Crippen LogP contribution in [0.1, 0.15) is 33.9 Å². The smallest absolute Gasteiger partial charge is 0.128 e. The zero-order valence-electron chi connectivity index (χ0n) is 12.6. The highest BCUT2D eigenvalue weighted by atomic mass is 19.1. The fourth-order valence-electron chi connectivity index (χ4n) is 2.66. The van der Waals surface area contributed by atoms with Gasteiger partial charge in [-0.25, -0.2) is 4.39 Å². The van der Waals surface area contributed by atoms with E-state index in [2.05, 4.69) is 37.4 Å². The first-order valence-corrected chi connectivity index (χ1v) is 7.01. The van der Waals surface area contributed by atoms with E-state index in [-0.39, 0.29) is 11.9 Å². The fourth-order valence-corrected chi connectivity index (χ4v) is 2.66. The largest absolute Gasteiger partial charge is 0.313 e. The number of likely N-dealkylation sites (N-methyl/N-ethyl adjacent to an activating group) is 1. The molecule has 2 heteroatoms. The monoisotopic (exact) mass is 271 g/mol. The molecule has 1 unspecified atom stereocenters. The van der Waals surface area contributed by atoms with Crippen molar-refractivity contribution in [2.75, 3.05) is 7.05 Å². The Balaban J connectivity index is 2.34. The highest BCUT2D eigenvalue weighted by molar-refractivity contribution is 5.36. The van der Waals surface area contributed by atoms with E-state index in [0.717, 1.165) is 17.5 Å². The molecule has 2 aromatic rings. The Labute approximate surface area is 120 Å². The molecule has 0 bridgehead atoms. The molecule has 0 amide bonds. The van der Waals surface area contributed by atoms with Crippen LogP contribution in [0.2, 0.25) is 0 Å². The standard InChI is InChI=1S/C18H22FN/c1-12-8-9-15(17(19)10-12)18(20-4)11-16-13(2)6-5-7-14(16)3/h5-10,18,20H,11H2,1-4H3. The lowest BCUT2D eigenvalue weighted by Crippen LogP contribution is -2.21. The molecule has 1 N–H and O–H groups in total. The molecule has 20 heavy (non-hydrogen) atoms. The lowest BCUT2D eigenvalue weighted by molar-refractivity contribution is 0.532. The van der Waals surface area contributed by atoms with Gasteiger partial charge in [0.05, 0.1) is 0 Å². The summed E-state index contributed by atoms with van der Waals surface area (Å²) in [6.07, 6.45) is 0.801. The third-order valence-electron chi connectivity index (χ3n) is 3.93. The molecule has 0 saturated carbocycles. The Morgan fingerprint density at radius 1 is 1.05 bits per heavy atom. The van der Waals surface area contributed by atoms with Crippen LogP contribution < -0.4 is 5.32 Å². The highest BCUT2D eigenvalue weighted by Gasteiger charge is 2.16. The van der Waals surface area contributed by atoms with Gasteiger partial charge >= 0.3 is 0 Å². The number of benzene rings is 2. The quantitative estimate of drug-likeness (QED) is 0.876. The van der Waals surface area contributed by atoms with E-state index in [9.17, 15) is 4.39 Å². The summed E-state index contributed by atoms with van der Waals surface area (Å²) in [6, 6.07) is 11.7. The molecule has 1 atom stereocenters. The van der Waals surface area contributed by atoms with Crippen LogP contribution in [0.4, 0.5) is 4.39 Å². The van der Waals surface area contributed by atoms with Gasteiger partial charge in [-0.05, 0) is 62.6 Å². The van der Waals surface area contributed by atoms with Crippen LogP contribution in [0.5, 0.6) is 0 Å². The van der Waals surface area contributed by atoms with E-state index in [1.807, 2.05) is 26.1 Å². The van der Waals surface area contributed by atoms with Crippen LogP contribution in [0.25, 0.3) is 0 Å². The van der Waals surface area contributed by atoms with E-state index in [1.165, 1.54) is 16.7 Å². The minimum absolute atomic E-state index is 0.00426. The maximum absolute atomic E-state index is 14.2. The lowest BCUT2D eigenvalue weighted by Gasteiger charge is -2.20. The van der Waals surface area contributed by atoms with Gasteiger partial charge in [-0.3, -0.25) is 0 Å². The van der Waals surface area contributed by atoms with Crippen molar-refractivity contribution < 1.29 is 4.39 Å². The van der Waals surface area contributed by atoms with Crippen molar-refractivity contribution in [1.29, 1.82) is 0 Å². The molecule has 2 rings (SSSR count). The maximum Gasteiger partial charge on any atom is 0.128 e. The van der Waals surface area contributed by atoms with Gasteiger partial charge < -0.3 is 5.32 Å². The molecule has 1 nitrogen and oxygen atoms in total. The van der Waals surface area contributed by atoms with Gasteiger partial charge in [0.25, 0.3) is 0 Å². The SMILES string of the molecule is CNC(Cc1c(C)cccc1C)c1ccc(C)cc1F. The second kappa shape index (κ2) is 6.19. The molecule has 0 aliphatic rings. The Morgan fingerprint density at radius 2 is 1.70 bits per heavy atom. The second-order valence-electron chi connectivity index (χ2n) is 5.44. The first-order chi connectivity index (χ1) is 9.52. The number of halogens is 1. The number of aryl methyl sites for hydroxylation is 3. The van der Waals surface area contributed by atoms with Gasteiger partial charge in [0.15, 0.2) is 0 Å². The topological polar surface area (TPSA) is 12.0 Å². The minimum atomic E-state index is -0.129. The zero-order valence-corrected chi connectivity index (χ0v) is 12.6. The van der Waals surface area contributed by atoms with Gasteiger partial charge in [-0.15, -0.1) is 0 Å². The molecule has 0 aromatic heterocycles. The van der Waals surface area contributed by atoms with Gasteiger partial charge in [-0.1, -0.05) is 30.3 Å². The first kappa shape index (κ1) is 14.7. The van der Waals surface area contributed by atoms with Crippen molar-refractivity contribution in [3.05, 3.63) is 70.0 Å². The first-order valence-electron chi connectivity index (χ1n) is 7.01. The van der Waals surface area contributed by atoms with E-state index in [4.69, 9.17) is 0 Å². The Morgan fingerprint density at radius 3 is 2.25 bits per heavy atom. The van der Waals surface area contributed by atoms with Crippen molar-refractivity contribution in [2.45, 2.75) is 33.2 Å². The summed E-state index contributed by atoms with van der Waals surface area (Å²) in [7, 11) is 1.89. The van der Waals surface area contributed by atoms with Crippen LogP contribution >= 0.6 is 0 Å². The van der Waals surface area contributed by atoms with Crippen molar-refractivity contribution >= 4 is 0 Å². The normalized spacial score (nSPS) is 12.4. The molecule has 0 spiro atoms. The van der Waals surface area contributed by atoms with Crippen molar-refractivity contribution in [3.8, 4) is 0 Å². The Hall–Kier alpha value is -1.67. The average molecular weight is 271 g/mol. The number of hydrogen-bond donors (Lipinski definition) is 1. The lowest BCUT2D eigenvalue weighted by atomic mass is 9.92. The summed E-state index contributed by atoms with van der Waals surface area (Å²) >= 11 is 0. The van der Waals surface area contributed by atoms with Crippen LogP contribution in [0.15, 0.2) is 36.4 Å². The van der Waals surface area contributed by atoms with Crippen molar-refractivity contribution in [1.82, 2.24) is 5.32 Å². The Kier molecular flexibility index (Phi) is 4.56. The van der Waals surface area contributed by atoms with Crippen LogP contribution in [-0.2, 0) is 6.42 Å². The summed E-state index contributed by atoms with van der Waals surface area (Å²) in [5, 5.41) is 3.24. The van der Waals surface area contributed by atoms with E-state index < -0.39 is 0 Å². The predicted molar refractivity (Wildman–Crippen MR) is 82.6 cm³/mol. The molecular weight excluding hydrogens is 249 g/mol. The average Bonchev–Trinajstić information content (AvgIpc) is 2.40. The minimum Gasteiger partial charge on any atom is -0.313 e. The molecule has 0 fully saturated rings. The van der Waals surface area contributed by atoms with Gasteiger partial charge in [0.1, 0.15) is 5.82 Å². The summed E-state index contributed by atoms with van der Waals surface area (Å²) in [5.74, 6) is -0.129. The summed E-state index contributed by atoms with van der Waals surface area (Å²) in [4.78, 5) is 0. The molecule has 0 aliphatic carbocycles. The van der Waals surface area contributed by atoms with Crippen LogP contribution in [0, 0.1) is 26.6 Å². The highest BCUT2D eigenvalue weighted by Crippen LogP contribution is 2.25. The molecule has 0 saturated heterocycles. The third kappa shape index (κ3) is 3.07. The van der Waals surface area contributed by atoms with E-state index in [0.29, 0.717) is 0 Å². The summed E-state index contributed by atoms with van der Waals surface area (Å²) in [5.41, 5.74) is 5.51. The summed E-state index contributed by atoms with van der Waals surface area (Å²) < 4.78 is 14.2. The molecular formula is C18H22FN. The number of rotatable bonds is 4. The van der Waals surface area contributed by atoms with Gasteiger partial charge in [0, 0.05) is 11.6 Å². The van der Waals surface area contributed by atoms with Crippen molar-refractivity contribution in [3.63, 3.8) is 0 Å². The molecule has 2 aromatic carbocycles. The molecule has 0 heterocycles. The Bertz CT molecular complexity index is 584. The second-order valence-corrected chi connectivity index (χ2v) is 5.44. The third-order valence-corrected chi connectivity index (χ3v) is 3.93. The van der Waals surface area contributed by atoms with Gasteiger partial charge in [-0.2, -0.15) is 0 Å². The molecule has 0 radical (unpaired) electrons.